The Kier molecular flexibility index (Phi) is 3.76. The van der Waals surface area contributed by atoms with Crippen molar-refractivity contribution in [2.24, 2.45) is 5.14 Å². The van der Waals surface area contributed by atoms with E-state index in [4.69, 9.17) is 9.66 Å². The SMILES string of the molecule is NS(=O)(=O)c1cccnc1N1CCC(c2noc(C3CC3)n2)CC1. The van der Waals surface area contributed by atoms with E-state index in [-0.39, 0.29) is 10.8 Å². The van der Waals surface area contributed by atoms with Crippen LogP contribution in [0.5, 0.6) is 0 Å². The fraction of sp³-hybridized carbons (Fsp3) is 0.533. The van der Waals surface area contributed by atoms with Crippen LogP contribution in [0.1, 0.15) is 49.2 Å². The second kappa shape index (κ2) is 5.82. The molecule has 0 spiro atoms. The van der Waals surface area contributed by atoms with E-state index < -0.39 is 10.0 Å². The Balaban J connectivity index is 1.48. The molecule has 128 valence electrons. The van der Waals surface area contributed by atoms with Crippen LogP contribution in [0.15, 0.2) is 27.7 Å². The minimum atomic E-state index is -3.79. The Morgan fingerprint density at radius 1 is 1.17 bits per heavy atom. The highest BCUT2D eigenvalue weighted by molar-refractivity contribution is 7.89. The minimum absolute atomic E-state index is 0.0685. The first-order valence-electron chi connectivity index (χ1n) is 8.08. The van der Waals surface area contributed by atoms with Crippen molar-refractivity contribution in [2.45, 2.75) is 42.4 Å². The Labute approximate surface area is 140 Å². The van der Waals surface area contributed by atoms with E-state index in [1.165, 1.54) is 6.07 Å². The fourth-order valence-corrected chi connectivity index (χ4v) is 3.80. The maximum atomic E-state index is 11.7. The van der Waals surface area contributed by atoms with Crippen LogP contribution in [0.2, 0.25) is 0 Å². The summed E-state index contributed by atoms with van der Waals surface area (Å²) < 4.78 is 28.8. The highest BCUT2D eigenvalue weighted by atomic mass is 32.2. The lowest BCUT2D eigenvalue weighted by Crippen LogP contribution is -2.35. The first-order valence-corrected chi connectivity index (χ1v) is 9.63. The van der Waals surface area contributed by atoms with Crippen molar-refractivity contribution in [1.82, 2.24) is 15.1 Å². The lowest BCUT2D eigenvalue weighted by molar-refractivity contribution is 0.364. The summed E-state index contributed by atoms with van der Waals surface area (Å²) in [6.45, 7) is 1.36. The number of sulfonamides is 1. The predicted molar refractivity (Wildman–Crippen MR) is 86.1 cm³/mol. The number of pyridine rings is 1. The van der Waals surface area contributed by atoms with Crippen molar-refractivity contribution in [1.29, 1.82) is 0 Å². The second-order valence-corrected chi connectivity index (χ2v) is 7.93. The molecule has 0 radical (unpaired) electrons. The molecule has 2 aromatic heterocycles. The van der Waals surface area contributed by atoms with Crippen molar-refractivity contribution in [3.05, 3.63) is 30.0 Å². The monoisotopic (exact) mass is 349 g/mol. The van der Waals surface area contributed by atoms with E-state index >= 15 is 0 Å². The van der Waals surface area contributed by atoms with Gasteiger partial charge < -0.3 is 9.42 Å². The smallest absolute Gasteiger partial charge is 0.241 e. The molecule has 1 saturated heterocycles. The van der Waals surface area contributed by atoms with Gasteiger partial charge in [0.25, 0.3) is 0 Å². The lowest BCUT2D eigenvalue weighted by Gasteiger charge is -2.32. The number of aromatic nitrogens is 3. The van der Waals surface area contributed by atoms with Gasteiger partial charge in [0, 0.05) is 31.1 Å². The van der Waals surface area contributed by atoms with Gasteiger partial charge in [-0.3, -0.25) is 0 Å². The Morgan fingerprint density at radius 2 is 1.92 bits per heavy atom. The van der Waals surface area contributed by atoms with Gasteiger partial charge in [-0.2, -0.15) is 4.98 Å². The first kappa shape index (κ1) is 15.5. The predicted octanol–water partition coefficient (Wildman–Crippen LogP) is 1.37. The summed E-state index contributed by atoms with van der Waals surface area (Å²) >= 11 is 0. The molecule has 1 aliphatic carbocycles. The number of piperidine rings is 1. The molecule has 2 aliphatic rings. The van der Waals surface area contributed by atoms with Crippen LogP contribution in [0.3, 0.4) is 0 Å². The van der Waals surface area contributed by atoms with Crippen LogP contribution in [0, 0.1) is 0 Å². The van der Waals surface area contributed by atoms with Crippen LogP contribution in [0.4, 0.5) is 5.82 Å². The standard InChI is InChI=1S/C15H19N5O3S/c16-24(21,22)12-2-1-7-17-14(12)20-8-5-10(6-9-20)13-18-15(23-19-13)11-3-4-11/h1-2,7,10-11H,3-6,8-9H2,(H2,16,21,22). The van der Waals surface area contributed by atoms with Gasteiger partial charge in [-0.15, -0.1) is 0 Å². The van der Waals surface area contributed by atoms with Crippen molar-refractivity contribution in [2.75, 3.05) is 18.0 Å². The van der Waals surface area contributed by atoms with Gasteiger partial charge in [0.05, 0.1) is 0 Å². The average Bonchev–Trinajstić information content (AvgIpc) is 3.31. The quantitative estimate of drug-likeness (QED) is 0.886. The van der Waals surface area contributed by atoms with E-state index in [0.29, 0.717) is 24.8 Å². The highest BCUT2D eigenvalue weighted by Gasteiger charge is 2.32. The molecule has 2 fully saturated rings. The summed E-state index contributed by atoms with van der Waals surface area (Å²) in [6.07, 6.45) is 5.50. The first-order chi connectivity index (χ1) is 11.5. The van der Waals surface area contributed by atoms with Crippen LogP contribution >= 0.6 is 0 Å². The van der Waals surface area contributed by atoms with Gasteiger partial charge in [0.15, 0.2) is 5.82 Å². The average molecular weight is 349 g/mol. The highest BCUT2D eigenvalue weighted by Crippen LogP contribution is 2.40. The number of primary sulfonamides is 1. The molecular formula is C15H19N5O3S. The zero-order chi connectivity index (χ0) is 16.7. The zero-order valence-electron chi connectivity index (χ0n) is 13.1. The molecule has 0 bridgehead atoms. The third-order valence-corrected chi connectivity index (χ3v) is 5.53. The van der Waals surface area contributed by atoms with E-state index in [1.807, 2.05) is 4.90 Å². The van der Waals surface area contributed by atoms with E-state index in [9.17, 15) is 8.42 Å². The van der Waals surface area contributed by atoms with Crippen LogP contribution in [-0.4, -0.2) is 36.6 Å². The van der Waals surface area contributed by atoms with E-state index in [1.54, 1.807) is 12.3 Å². The van der Waals surface area contributed by atoms with Gasteiger partial charge in [-0.1, -0.05) is 5.16 Å². The summed E-state index contributed by atoms with van der Waals surface area (Å²) in [5.74, 6) is 2.64. The summed E-state index contributed by atoms with van der Waals surface area (Å²) in [6, 6.07) is 3.07. The molecule has 2 aromatic rings. The van der Waals surface area contributed by atoms with Gasteiger partial charge in [0.2, 0.25) is 15.9 Å². The van der Waals surface area contributed by atoms with Crippen LogP contribution < -0.4 is 10.0 Å². The zero-order valence-corrected chi connectivity index (χ0v) is 13.9. The second-order valence-electron chi connectivity index (χ2n) is 6.40. The molecule has 3 heterocycles. The van der Waals surface area contributed by atoms with Crippen molar-refractivity contribution < 1.29 is 12.9 Å². The van der Waals surface area contributed by atoms with Gasteiger partial charge in [0.1, 0.15) is 10.7 Å². The Hall–Kier alpha value is -2.00. The van der Waals surface area contributed by atoms with Crippen molar-refractivity contribution >= 4 is 15.8 Å². The van der Waals surface area contributed by atoms with Gasteiger partial charge in [-0.05, 0) is 37.8 Å². The molecule has 8 nitrogen and oxygen atoms in total. The van der Waals surface area contributed by atoms with Gasteiger partial charge >= 0.3 is 0 Å². The molecule has 4 rings (SSSR count). The molecule has 24 heavy (non-hydrogen) atoms. The molecule has 0 atom stereocenters. The Morgan fingerprint density at radius 3 is 2.58 bits per heavy atom. The third-order valence-electron chi connectivity index (χ3n) is 4.60. The summed E-state index contributed by atoms with van der Waals surface area (Å²) in [5.41, 5.74) is 0. The molecule has 0 amide bonds. The fourth-order valence-electron chi connectivity index (χ4n) is 3.10. The van der Waals surface area contributed by atoms with Crippen LogP contribution in [0.25, 0.3) is 0 Å². The molecule has 1 saturated carbocycles. The maximum Gasteiger partial charge on any atom is 0.241 e. The van der Waals surface area contributed by atoms with E-state index in [0.717, 1.165) is 37.4 Å². The summed E-state index contributed by atoms with van der Waals surface area (Å²) in [4.78, 5) is 10.8. The van der Waals surface area contributed by atoms with Crippen molar-refractivity contribution in [3.63, 3.8) is 0 Å². The molecule has 2 N–H and O–H groups in total. The molecule has 0 aromatic carbocycles. The molecule has 0 unspecified atom stereocenters. The molecular weight excluding hydrogens is 330 g/mol. The van der Waals surface area contributed by atoms with Crippen molar-refractivity contribution in [3.8, 4) is 0 Å². The Bertz CT molecular complexity index is 838. The number of nitrogens with two attached hydrogens (primary N) is 1. The normalized spacial score (nSPS) is 19.6. The summed E-state index contributed by atoms with van der Waals surface area (Å²) in [5, 5.41) is 9.41. The third kappa shape index (κ3) is 3.01. The number of anilines is 1. The largest absolute Gasteiger partial charge is 0.355 e. The number of hydrogen-bond acceptors (Lipinski definition) is 7. The van der Waals surface area contributed by atoms with Crippen LogP contribution in [-0.2, 0) is 10.0 Å². The number of hydrogen-bond donors (Lipinski definition) is 1. The maximum absolute atomic E-state index is 11.7. The number of nitrogens with zero attached hydrogens (tertiary/aromatic N) is 4. The molecule has 9 heteroatoms. The minimum Gasteiger partial charge on any atom is -0.355 e. The lowest BCUT2D eigenvalue weighted by atomic mass is 9.96. The number of rotatable bonds is 4. The topological polar surface area (TPSA) is 115 Å². The van der Waals surface area contributed by atoms with Gasteiger partial charge in [-0.25, -0.2) is 18.5 Å². The summed E-state index contributed by atoms with van der Waals surface area (Å²) in [7, 11) is -3.79. The van der Waals surface area contributed by atoms with E-state index in [2.05, 4.69) is 15.1 Å². The molecule has 1 aliphatic heterocycles.